The zero-order chi connectivity index (χ0) is 20.1. The minimum Gasteiger partial charge on any atom is -0.370 e. The van der Waals surface area contributed by atoms with Crippen LogP contribution in [0, 0.1) is 5.82 Å². The molecule has 1 aliphatic heterocycles. The average Bonchev–Trinajstić information content (AvgIpc) is 2.68. The number of aliphatic imine (C=N–C) groups is 1. The lowest BCUT2D eigenvalue weighted by Crippen LogP contribution is -2.51. The molecule has 1 aromatic heterocycles. The molecule has 0 atom stereocenters. The SMILES string of the molecule is NC(=NCCc1cccc(C(F)(F)F)n1)N1CCN(c2ccc(F)cc2)CC1. The maximum atomic E-state index is 13.0. The monoisotopic (exact) mass is 395 g/mol. The van der Waals surface area contributed by atoms with Crippen molar-refractivity contribution in [2.24, 2.45) is 10.7 Å². The Kier molecular flexibility index (Phi) is 6.01. The number of aromatic nitrogens is 1. The lowest BCUT2D eigenvalue weighted by atomic mass is 10.2. The van der Waals surface area contributed by atoms with E-state index in [4.69, 9.17) is 5.73 Å². The Morgan fingerprint density at radius 2 is 1.71 bits per heavy atom. The summed E-state index contributed by atoms with van der Waals surface area (Å²) in [5, 5.41) is 0. The molecule has 9 heteroatoms. The molecule has 1 aromatic carbocycles. The fraction of sp³-hybridized carbons (Fsp3) is 0.368. The van der Waals surface area contributed by atoms with Gasteiger partial charge in [-0.05, 0) is 36.4 Å². The number of hydrogen-bond acceptors (Lipinski definition) is 3. The van der Waals surface area contributed by atoms with Gasteiger partial charge in [0.25, 0.3) is 0 Å². The average molecular weight is 395 g/mol. The van der Waals surface area contributed by atoms with Gasteiger partial charge in [-0.25, -0.2) is 9.37 Å². The van der Waals surface area contributed by atoms with E-state index in [9.17, 15) is 17.6 Å². The molecule has 0 aliphatic carbocycles. The predicted molar refractivity (Wildman–Crippen MR) is 99.6 cm³/mol. The van der Waals surface area contributed by atoms with E-state index in [2.05, 4.69) is 14.9 Å². The summed E-state index contributed by atoms with van der Waals surface area (Å²) in [6, 6.07) is 10.2. The van der Waals surface area contributed by atoms with Crippen LogP contribution in [0.2, 0.25) is 0 Å². The summed E-state index contributed by atoms with van der Waals surface area (Å²) in [5.41, 5.74) is 6.40. The smallest absolute Gasteiger partial charge is 0.370 e. The summed E-state index contributed by atoms with van der Waals surface area (Å²) in [6.45, 7) is 3.02. The lowest BCUT2D eigenvalue weighted by molar-refractivity contribution is -0.141. The lowest BCUT2D eigenvalue weighted by Gasteiger charge is -2.36. The van der Waals surface area contributed by atoms with Crippen LogP contribution in [0.5, 0.6) is 0 Å². The Hall–Kier alpha value is -2.84. The number of guanidine groups is 1. The number of halogens is 4. The highest BCUT2D eigenvalue weighted by Gasteiger charge is 2.32. The van der Waals surface area contributed by atoms with Crippen molar-refractivity contribution in [1.82, 2.24) is 9.88 Å². The third kappa shape index (κ3) is 5.11. The van der Waals surface area contributed by atoms with Gasteiger partial charge in [0.05, 0.1) is 0 Å². The van der Waals surface area contributed by atoms with E-state index in [0.717, 1.165) is 24.8 Å². The van der Waals surface area contributed by atoms with Gasteiger partial charge in [0.2, 0.25) is 0 Å². The van der Waals surface area contributed by atoms with Gasteiger partial charge in [0.1, 0.15) is 11.5 Å². The normalized spacial score (nSPS) is 15.8. The molecule has 1 fully saturated rings. The van der Waals surface area contributed by atoms with Crippen LogP contribution in [-0.2, 0) is 12.6 Å². The van der Waals surface area contributed by atoms with Gasteiger partial charge < -0.3 is 15.5 Å². The second kappa shape index (κ2) is 8.45. The number of piperazine rings is 1. The molecule has 0 saturated carbocycles. The quantitative estimate of drug-likeness (QED) is 0.491. The number of nitrogens with zero attached hydrogens (tertiary/aromatic N) is 4. The molecule has 0 spiro atoms. The topological polar surface area (TPSA) is 57.8 Å². The molecular formula is C19H21F4N5. The van der Waals surface area contributed by atoms with E-state index in [1.165, 1.54) is 18.2 Å². The molecule has 0 amide bonds. The molecule has 3 rings (SSSR count). The fourth-order valence-corrected chi connectivity index (χ4v) is 3.01. The maximum Gasteiger partial charge on any atom is 0.433 e. The molecule has 2 aromatic rings. The van der Waals surface area contributed by atoms with Crippen LogP contribution in [0.15, 0.2) is 47.5 Å². The molecule has 0 unspecified atom stereocenters. The van der Waals surface area contributed by atoms with Crippen molar-refractivity contribution in [1.29, 1.82) is 0 Å². The first-order chi connectivity index (χ1) is 13.3. The first-order valence-corrected chi connectivity index (χ1v) is 8.91. The molecule has 2 N–H and O–H groups in total. The summed E-state index contributed by atoms with van der Waals surface area (Å²) >= 11 is 0. The van der Waals surface area contributed by atoms with Crippen LogP contribution in [0.4, 0.5) is 23.2 Å². The molecule has 5 nitrogen and oxygen atoms in total. The van der Waals surface area contributed by atoms with Crippen molar-refractivity contribution < 1.29 is 17.6 Å². The molecule has 150 valence electrons. The standard InChI is InChI=1S/C19H21F4N5/c20-14-4-6-16(7-5-14)27-10-12-28(13-11-27)18(24)25-9-8-15-2-1-3-17(26-15)19(21,22)23/h1-7H,8-13H2,(H2,24,25). The Morgan fingerprint density at radius 1 is 1.04 bits per heavy atom. The summed E-state index contributed by atoms with van der Waals surface area (Å²) in [4.78, 5) is 12.0. The highest BCUT2D eigenvalue weighted by atomic mass is 19.4. The number of alkyl halides is 3. The van der Waals surface area contributed by atoms with E-state index in [1.54, 1.807) is 18.2 Å². The van der Waals surface area contributed by atoms with Crippen LogP contribution in [-0.4, -0.2) is 48.6 Å². The van der Waals surface area contributed by atoms with E-state index in [-0.39, 0.29) is 18.8 Å². The Balaban J connectivity index is 1.50. The summed E-state index contributed by atoms with van der Waals surface area (Å²) < 4.78 is 51.1. The number of rotatable bonds is 4. The highest BCUT2D eigenvalue weighted by molar-refractivity contribution is 5.78. The van der Waals surface area contributed by atoms with Crippen molar-refractivity contribution in [3.05, 3.63) is 59.7 Å². The van der Waals surface area contributed by atoms with E-state index < -0.39 is 11.9 Å². The third-order valence-corrected chi connectivity index (χ3v) is 4.53. The van der Waals surface area contributed by atoms with E-state index in [0.29, 0.717) is 24.7 Å². The minimum atomic E-state index is -4.46. The van der Waals surface area contributed by atoms with Gasteiger partial charge in [-0.3, -0.25) is 4.99 Å². The van der Waals surface area contributed by atoms with Gasteiger partial charge in [-0.2, -0.15) is 13.2 Å². The van der Waals surface area contributed by atoms with Crippen molar-refractivity contribution >= 4 is 11.6 Å². The summed E-state index contributed by atoms with van der Waals surface area (Å²) in [6.07, 6.45) is -4.18. The van der Waals surface area contributed by atoms with Gasteiger partial charge in [0.15, 0.2) is 5.96 Å². The number of hydrogen-bond donors (Lipinski definition) is 1. The zero-order valence-electron chi connectivity index (χ0n) is 15.2. The van der Waals surface area contributed by atoms with Crippen molar-refractivity contribution in [3.63, 3.8) is 0 Å². The van der Waals surface area contributed by atoms with E-state index >= 15 is 0 Å². The fourth-order valence-electron chi connectivity index (χ4n) is 3.01. The van der Waals surface area contributed by atoms with Gasteiger partial charge >= 0.3 is 6.18 Å². The summed E-state index contributed by atoms with van der Waals surface area (Å²) in [7, 11) is 0. The number of anilines is 1. The van der Waals surface area contributed by atoms with Crippen LogP contribution in [0.25, 0.3) is 0 Å². The van der Waals surface area contributed by atoms with Crippen LogP contribution in [0.1, 0.15) is 11.4 Å². The molecular weight excluding hydrogens is 374 g/mol. The number of benzene rings is 1. The van der Waals surface area contributed by atoms with Crippen molar-refractivity contribution in [2.75, 3.05) is 37.6 Å². The van der Waals surface area contributed by atoms with E-state index in [1.807, 2.05) is 4.90 Å². The van der Waals surface area contributed by atoms with Gasteiger partial charge in [-0.1, -0.05) is 6.07 Å². The Bertz CT molecular complexity index is 812. The number of nitrogens with two attached hydrogens (primary N) is 1. The molecule has 1 saturated heterocycles. The molecule has 28 heavy (non-hydrogen) atoms. The Morgan fingerprint density at radius 3 is 2.36 bits per heavy atom. The minimum absolute atomic E-state index is 0.262. The first-order valence-electron chi connectivity index (χ1n) is 8.91. The molecule has 2 heterocycles. The van der Waals surface area contributed by atoms with Crippen molar-refractivity contribution in [2.45, 2.75) is 12.6 Å². The largest absolute Gasteiger partial charge is 0.433 e. The van der Waals surface area contributed by atoms with Crippen LogP contribution >= 0.6 is 0 Å². The maximum absolute atomic E-state index is 13.0. The highest BCUT2D eigenvalue weighted by Crippen LogP contribution is 2.27. The predicted octanol–water partition coefficient (Wildman–Crippen LogP) is 2.92. The first kappa shape index (κ1) is 19.9. The van der Waals surface area contributed by atoms with Crippen molar-refractivity contribution in [3.8, 4) is 0 Å². The zero-order valence-corrected chi connectivity index (χ0v) is 15.2. The molecule has 1 aliphatic rings. The second-order valence-corrected chi connectivity index (χ2v) is 6.45. The number of pyridine rings is 1. The van der Waals surface area contributed by atoms with Gasteiger partial charge in [0, 0.05) is 50.5 Å². The van der Waals surface area contributed by atoms with Crippen LogP contribution in [0.3, 0.4) is 0 Å². The van der Waals surface area contributed by atoms with Gasteiger partial charge in [-0.15, -0.1) is 0 Å². The third-order valence-electron chi connectivity index (χ3n) is 4.53. The Labute approximate surface area is 160 Å². The molecule has 0 radical (unpaired) electrons. The summed E-state index contributed by atoms with van der Waals surface area (Å²) in [5.74, 6) is 0.0970. The molecule has 0 bridgehead atoms. The second-order valence-electron chi connectivity index (χ2n) is 6.45. The van der Waals surface area contributed by atoms with Crippen LogP contribution < -0.4 is 10.6 Å².